The number of H-pyrrole nitrogens is 1. The van der Waals surface area contributed by atoms with Gasteiger partial charge < -0.3 is 10.2 Å². The second-order valence-corrected chi connectivity index (χ2v) is 12.3. The molecule has 2 fully saturated rings. The Balaban J connectivity index is 1.23. The summed E-state index contributed by atoms with van der Waals surface area (Å²) in [5.41, 5.74) is 4.25. The molecule has 8 nitrogen and oxygen atoms in total. The van der Waals surface area contributed by atoms with Crippen LogP contribution in [0, 0.1) is 5.82 Å². The number of aliphatic imine (C=N–C) groups is 1. The van der Waals surface area contributed by atoms with Gasteiger partial charge in [0.05, 0.1) is 6.20 Å². The number of benzene rings is 1. The second kappa shape index (κ2) is 12.8. The van der Waals surface area contributed by atoms with Gasteiger partial charge in [-0.05, 0) is 0 Å². The average Bonchev–Trinajstić information content (AvgIpc) is 3.37. The third-order valence-corrected chi connectivity index (χ3v) is 9.27. The van der Waals surface area contributed by atoms with Crippen molar-refractivity contribution >= 4 is 34.2 Å². The molecular weight excluding hydrogens is 594 g/mol. The van der Waals surface area contributed by atoms with Gasteiger partial charge >= 0.3 is 165 Å². The summed E-state index contributed by atoms with van der Waals surface area (Å²) in [6.45, 7) is 11.9. The van der Waals surface area contributed by atoms with Crippen LogP contribution < -0.4 is 37.0 Å². The van der Waals surface area contributed by atoms with Crippen LogP contribution in [0.5, 0.6) is 0 Å². The van der Waals surface area contributed by atoms with Crippen molar-refractivity contribution in [1.29, 1.82) is 0 Å². The summed E-state index contributed by atoms with van der Waals surface area (Å²) in [5.74, 6) is 0.0910. The van der Waals surface area contributed by atoms with E-state index in [1.165, 1.54) is 38.4 Å². The van der Waals surface area contributed by atoms with Crippen molar-refractivity contribution < 1.29 is 25.9 Å². The number of hydrogen-bond acceptors (Lipinski definition) is 7. The van der Waals surface area contributed by atoms with Gasteiger partial charge in [0.1, 0.15) is 0 Å². The fraction of sp³-hybridized carbons (Fsp3) is 0.393. The van der Waals surface area contributed by atoms with Gasteiger partial charge in [0.2, 0.25) is 0 Å². The topological polar surface area (TPSA) is 84.5 Å². The zero-order chi connectivity index (χ0) is 26.3. The summed E-state index contributed by atoms with van der Waals surface area (Å²) in [6, 6.07) is 7.46. The molecule has 1 unspecified atom stereocenters. The molecule has 202 valence electrons. The number of piperidine rings is 1. The van der Waals surface area contributed by atoms with Gasteiger partial charge in [0.25, 0.3) is 0 Å². The minimum atomic E-state index is -0.316. The van der Waals surface area contributed by atoms with Crippen LogP contribution in [-0.2, 0) is 0 Å². The molecule has 2 saturated heterocycles. The number of aromatic amines is 1. The number of nitrogens with zero attached hydrogens (tertiary/aromatic N) is 5. The number of rotatable bonds is 9. The van der Waals surface area contributed by atoms with E-state index in [2.05, 4.69) is 50.6 Å². The van der Waals surface area contributed by atoms with Crippen molar-refractivity contribution in [1.82, 2.24) is 23.6 Å². The number of anilines is 2. The number of halogens is 2. The van der Waals surface area contributed by atoms with Crippen molar-refractivity contribution in [2.75, 3.05) is 49.5 Å². The fourth-order valence-electron chi connectivity index (χ4n) is 4.80. The third-order valence-electron chi connectivity index (χ3n) is 6.88. The van der Waals surface area contributed by atoms with E-state index in [1.54, 1.807) is 6.20 Å². The monoisotopic (exact) mass is 629 g/mol. The Bertz CT molecular complexity index is 1310. The van der Waals surface area contributed by atoms with E-state index < -0.39 is 0 Å². The van der Waals surface area contributed by atoms with Crippen LogP contribution in [0.3, 0.4) is 0 Å². The Morgan fingerprint density at radius 3 is 2.79 bits per heavy atom. The molecule has 2 aliphatic heterocycles. The first-order chi connectivity index (χ1) is 18.6. The molecule has 4 heterocycles. The zero-order valence-electron chi connectivity index (χ0n) is 21.8. The first kappa shape index (κ1) is 26.8. The maximum absolute atomic E-state index is 14.9. The van der Waals surface area contributed by atoms with Crippen molar-refractivity contribution in [2.24, 2.45) is 4.99 Å². The molecule has 0 bridgehead atoms. The second-order valence-electron chi connectivity index (χ2n) is 9.65. The summed E-state index contributed by atoms with van der Waals surface area (Å²) in [5, 5.41) is 15.3. The molecule has 0 radical (unpaired) electrons. The van der Waals surface area contributed by atoms with Gasteiger partial charge in [0.15, 0.2) is 11.6 Å². The van der Waals surface area contributed by atoms with Gasteiger partial charge in [-0.1, -0.05) is 0 Å². The molecule has 1 atom stereocenters. The predicted octanol–water partition coefficient (Wildman–Crippen LogP) is 1.72. The SMILES string of the molecule is C=C(C=N/C=C/[I-]N1CCCCC1)c1ccc2n[nH]c(C(C)Nc3cnc(N4CCNCC4)c(F)c3)c2c1. The molecule has 5 rings (SSSR count). The quantitative estimate of drug-likeness (QED) is 0.190. The Labute approximate surface area is 234 Å². The Morgan fingerprint density at radius 2 is 2.00 bits per heavy atom. The normalized spacial score (nSPS) is 18.1. The molecule has 3 N–H and O–H groups in total. The maximum atomic E-state index is 14.9. The number of fused-ring (bicyclic) bond motifs is 1. The summed E-state index contributed by atoms with van der Waals surface area (Å²) in [6.07, 6.45) is 9.41. The van der Waals surface area contributed by atoms with Crippen LogP contribution in [0.15, 0.2) is 52.3 Å². The Morgan fingerprint density at radius 1 is 1.18 bits per heavy atom. The fourth-order valence-corrected chi connectivity index (χ4v) is 6.82. The van der Waals surface area contributed by atoms with E-state index in [4.69, 9.17) is 0 Å². The van der Waals surface area contributed by atoms with Crippen molar-refractivity contribution in [3.05, 3.63) is 64.4 Å². The molecule has 0 aliphatic carbocycles. The Hall–Kier alpha value is -2.83. The predicted molar refractivity (Wildman–Crippen MR) is 149 cm³/mol. The van der Waals surface area contributed by atoms with Crippen LogP contribution in [0.2, 0.25) is 0 Å². The van der Waals surface area contributed by atoms with Crippen LogP contribution in [0.1, 0.15) is 43.5 Å². The van der Waals surface area contributed by atoms with E-state index in [0.29, 0.717) is 11.5 Å². The number of aromatic nitrogens is 3. The molecule has 2 aromatic heterocycles. The van der Waals surface area contributed by atoms with E-state index in [-0.39, 0.29) is 33.3 Å². The molecule has 0 amide bonds. The summed E-state index contributed by atoms with van der Waals surface area (Å²) >= 11 is -0.0858. The molecule has 0 saturated carbocycles. The number of hydrogen-bond donors (Lipinski definition) is 3. The summed E-state index contributed by atoms with van der Waals surface area (Å²) in [4.78, 5) is 10.9. The molecule has 10 heteroatoms. The van der Waals surface area contributed by atoms with E-state index in [1.807, 2.05) is 36.4 Å². The van der Waals surface area contributed by atoms with Gasteiger partial charge in [-0.15, -0.1) is 0 Å². The number of allylic oxidation sites excluding steroid dienone is 1. The van der Waals surface area contributed by atoms with Crippen molar-refractivity contribution in [2.45, 2.75) is 32.2 Å². The van der Waals surface area contributed by atoms with E-state index >= 15 is 0 Å². The number of nitrogens with one attached hydrogen (secondary N) is 3. The standard InChI is InChI=1S/C28H35FIN8/c1-20(18-32-9-8-30-38-12-4-3-5-13-38)22-6-7-26-24(16-22)27(36-35-26)21(2)34-23-17-25(29)28(33-19-23)37-14-10-31-11-15-37/h6-9,16-19,21,31,34H,1,3-5,10-15H2,2H3,(H,35,36)/q-1/b9-8+,32-18?. The Kier molecular flexibility index (Phi) is 9.02. The van der Waals surface area contributed by atoms with E-state index in [0.717, 1.165) is 53.9 Å². The van der Waals surface area contributed by atoms with Crippen LogP contribution in [0.4, 0.5) is 15.9 Å². The van der Waals surface area contributed by atoms with E-state index in [9.17, 15) is 4.39 Å². The average molecular weight is 630 g/mol. The van der Waals surface area contributed by atoms with Gasteiger partial charge in [-0.25, -0.2) is 9.37 Å². The molecule has 3 aromatic rings. The zero-order valence-corrected chi connectivity index (χ0v) is 23.9. The van der Waals surface area contributed by atoms with Gasteiger partial charge in [-0.3, -0.25) is 0 Å². The molecule has 1 aromatic carbocycles. The minimum absolute atomic E-state index is 0.0858. The summed E-state index contributed by atoms with van der Waals surface area (Å²) < 4.78 is 19.6. The molecular formula is C28H35FIN8-. The van der Waals surface area contributed by atoms with Crippen LogP contribution >= 0.6 is 0 Å². The first-order valence-electron chi connectivity index (χ1n) is 13.2. The molecule has 0 spiro atoms. The van der Waals surface area contributed by atoms with Gasteiger partial charge in [-0.2, -0.15) is 0 Å². The third kappa shape index (κ3) is 6.59. The molecule has 38 heavy (non-hydrogen) atoms. The summed E-state index contributed by atoms with van der Waals surface area (Å²) in [7, 11) is 0. The van der Waals surface area contributed by atoms with Crippen LogP contribution in [0.25, 0.3) is 16.5 Å². The van der Waals surface area contributed by atoms with Crippen LogP contribution in [-0.4, -0.2) is 63.8 Å². The van der Waals surface area contributed by atoms with Crippen molar-refractivity contribution in [3.8, 4) is 0 Å². The number of piperazine rings is 1. The van der Waals surface area contributed by atoms with Gasteiger partial charge in [0, 0.05) is 32.2 Å². The van der Waals surface area contributed by atoms with Crippen molar-refractivity contribution in [3.63, 3.8) is 0 Å². The number of pyridine rings is 1. The molecule has 2 aliphatic rings. The first-order valence-corrected chi connectivity index (χ1v) is 15.4.